The van der Waals surface area contributed by atoms with Crippen LogP contribution in [0.15, 0.2) is 47.5 Å². The van der Waals surface area contributed by atoms with Gasteiger partial charge in [-0.2, -0.15) is 0 Å². The molecule has 0 fully saturated rings. The van der Waals surface area contributed by atoms with Crippen molar-refractivity contribution in [2.75, 3.05) is 18.0 Å². The third kappa shape index (κ3) is 3.93. The van der Waals surface area contributed by atoms with E-state index < -0.39 is 0 Å². The summed E-state index contributed by atoms with van der Waals surface area (Å²) >= 11 is 0. The number of nitrogens with two attached hydrogens (primary N) is 1. The van der Waals surface area contributed by atoms with E-state index in [1.807, 2.05) is 18.2 Å². The van der Waals surface area contributed by atoms with E-state index in [1.54, 1.807) is 0 Å². The Labute approximate surface area is 112 Å². The van der Waals surface area contributed by atoms with Crippen molar-refractivity contribution in [3.63, 3.8) is 0 Å². The molecule has 3 N–H and O–H groups in total. The lowest BCUT2D eigenvalue weighted by Crippen LogP contribution is -2.27. The van der Waals surface area contributed by atoms with Gasteiger partial charge in [-0.3, -0.25) is 4.79 Å². The lowest BCUT2D eigenvalue weighted by Gasteiger charge is -2.23. The third-order valence-corrected chi connectivity index (χ3v) is 2.84. The van der Waals surface area contributed by atoms with Crippen LogP contribution in [0.2, 0.25) is 0 Å². The molecule has 1 aromatic heterocycles. The number of hydrogen-bond acceptors (Lipinski definition) is 4. The predicted octanol–water partition coefficient (Wildman–Crippen LogP) is 1.13. The van der Waals surface area contributed by atoms with Crippen molar-refractivity contribution in [1.82, 2.24) is 9.97 Å². The molecule has 1 aromatic carbocycles. The Balaban J connectivity index is 2.18. The van der Waals surface area contributed by atoms with E-state index in [9.17, 15) is 4.79 Å². The minimum atomic E-state index is -0.143. The molecular weight excluding hydrogens is 240 g/mol. The summed E-state index contributed by atoms with van der Waals surface area (Å²) < 4.78 is 0. The quantitative estimate of drug-likeness (QED) is 0.814. The standard InChI is InChI=1S/C14H18N4O/c15-7-4-8-18(10-12-5-2-1-3-6-12)13-9-14(19)17-11-16-13/h1-3,5-6,9,11H,4,7-8,10,15H2,(H,16,17,19). The summed E-state index contributed by atoms with van der Waals surface area (Å²) in [6.45, 7) is 2.12. The van der Waals surface area contributed by atoms with E-state index in [1.165, 1.54) is 18.0 Å². The first-order valence-corrected chi connectivity index (χ1v) is 6.33. The number of anilines is 1. The molecular formula is C14H18N4O. The van der Waals surface area contributed by atoms with Crippen LogP contribution in [-0.2, 0) is 6.54 Å². The van der Waals surface area contributed by atoms with Crippen molar-refractivity contribution in [3.05, 3.63) is 58.6 Å². The minimum Gasteiger partial charge on any atom is -0.352 e. The maximum atomic E-state index is 11.4. The summed E-state index contributed by atoms with van der Waals surface area (Å²) in [5, 5.41) is 0. The number of H-pyrrole nitrogens is 1. The number of rotatable bonds is 6. The van der Waals surface area contributed by atoms with Gasteiger partial charge >= 0.3 is 0 Å². The average Bonchev–Trinajstić information content (AvgIpc) is 2.44. The zero-order valence-electron chi connectivity index (χ0n) is 10.7. The molecule has 100 valence electrons. The van der Waals surface area contributed by atoms with E-state index in [4.69, 9.17) is 5.73 Å². The van der Waals surface area contributed by atoms with Gasteiger partial charge in [0.05, 0.1) is 6.33 Å². The highest BCUT2D eigenvalue weighted by Crippen LogP contribution is 2.12. The Morgan fingerprint density at radius 1 is 1.26 bits per heavy atom. The van der Waals surface area contributed by atoms with Gasteiger partial charge < -0.3 is 15.6 Å². The fourth-order valence-electron chi connectivity index (χ4n) is 1.89. The largest absolute Gasteiger partial charge is 0.352 e. The first-order chi connectivity index (χ1) is 9.29. The fraction of sp³-hybridized carbons (Fsp3) is 0.286. The molecule has 0 saturated carbocycles. The first-order valence-electron chi connectivity index (χ1n) is 6.33. The lowest BCUT2D eigenvalue weighted by atomic mass is 10.2. The van der Waals surface area contributed by atoms with Crippen molar-refractivity contribution < 1.29 is 0 Å². The molecule has 1 heterocycles. The molecule has 0 atom stereocenters. The van der Waals surface area contributed by atoms with E-state index in [0.29, 0.717) is 12.4 Å². The van der Waals surface area contributed by atoms with E-state index in [0.717, 1.165) is 19.5 Å². The Morgan fingerprint density at radius 2 is 2.05 bits per heavy atom. The van der Waals surface area contributed by atoms with Crippen LogP contribution in [-0.4, -0.2) is 23.1 Å². The number of benzene rings is 1. The molecule has 0 amide bonds. The average molecular weight is 258 g/mol. The third-order valence-electron chi connectivity index (χ3n) is 2.84. The normalized spacial score (nSPS) is 10.4. The summed E-state index contributed by atoms with van der Waals surface area (Å²) in [6.07, 6.45) is 2.29. The van der Waals surface area contributed by atoms with E-state index >= 15 is 0 Å². The monoisotopic (exact) mass is 258 g/mol. The van der Waals surface area contributed by atoms with Crippen LogP contribution in [0.1, 0.15) is 12.0 Å². The van der Waals surface area contributed by atoms with Crippen molar-refractivity contribution in [2.24, 2.45) is 5.73 Å². The van der Waals surface area contributed by atoms with E-state index in [-0.39, 0.29) is 5.56 Å². The highest BCUT2D eigenvalue weighted by atomic mass is 16.1. The molecule has 0 aliphatic rings. The second kappa shape index (κ2) is 6.70. The number of nitrogens with zero attached hydrogens (tertiary/aromatic N) is 2. The van der Waals surface area contributed by atoms with Gasteiger partial charge in [0.2, 0.25) is 0 Å². The number of aromatic amines is 1. The fourth-order valence-corrected chi connectivity index (χ4v) is 1.89. The van der Waals surface area contributed by atoms with Gasteiger partial charge in [0.1, 0.15) is 5.82 Å². The van der Waals surface area contributed by atoms with Gasteiger partial charge in [-0.25, -0.2) is 4.98 Å². The molecule has 2 aromatic rings. The van der Waals surface area contributed by atoms with Gasteiger partial charge in [0.15, 0.2) is 0 Å². The molecule has 2 rings (SSSR count). The van der Waals surface area contributed by atoms with Crippen LogP contribution < -0.4 is 16.2 Å². The number of aromatic nitrogens is 2. The summed E-state index contributed by atoms with van der Waals surface area (Å²) in [6, 6.07) is 11.6. The summed E-state index contributed by atoms with van der Waals surface area (Å²) in [5.74, 6) is 0.682. The summed E-state index contributed by atoms with van der Waals surface area (Å²) in [5.41, 5.74) is 6.60. The molecule has 0 aliphatic heterocycles. The van der Waals surface area contributed by atoms with Crippen molar-refractivity contribution in [3.8, 4) is 0 Å². The predicted molar refractivity (Wildman–Crippen MR) is 76.0 cm³/mol. The van der Waals surface area contributed by atoms with Gasteiger partial charge in [0.25, 0.3) is 5.56 Å². The van der Waals surface area contributed by atoms with Crippen molar-refractivity contribution in [1.29, 1.82) is 0 Å². The van der Waals surface area contributed by atoms with Gasteiger partial charge in [-0.1, -0.05) is 30.3 Å². The van der Waals surface area contributed by atoms with Gasteiger partial charge in [0, 0.05) is 19.2 Å². The highest BCUT2D eigenvalue weighted by Gasteiger charge is 2.08. The smallest absolute Gasteiger partial charge is 0.252 e. The van der Waals surface area contributed by atoms with Crippen LogP contribution in [0.25, 0.3) is 0 Å². The lowest BCUT2D eigenvalue weighted by molar-refractivity contribution is 0.723. The maximum absolute atomic E-state index is 11.4. The zero-order valence-corrected chi connectivity index (χ0v) is 10.7. The molecule has 0 spiro atoms. The first kappa shape index (κ1) is 13.3. The number of nitrogens with one attached hydrogen (secondary N) is 1. The summed E-state index contributed by atoms with van der Waals surface area (Å²) in [4.78, 5) is 20.2. The second-order valence-electron chi connectivity index (χ2n) is 4.32. The topological polar surface area (TPSA) is 75.0 Å². The SMILES string of the molecule is NCCCN(Cc1ccccc1)c1cc(=O)[nH]cn1. The molecule has 5 heteroatoms. The molecule has 0 saturated heterocycles. The van der Waals surface area contributed by atoms with Gasteiger partial charge in [-0.15, -0.1) is 0 Å². The Hall–Kier alpha value is -2.14. The molecule has 5 nitrogen and oxygen atoms in total. The van der Waals surface area contributed by atoms with Gasteiger partial charge in [-0.05, 0) is 18.5 Å². The molecule has 0 bridgehead atoms. The van der Waals surface area contributed by atoms with Crippen LogP contribution in [0.5, 0.6) is 0 Å². The van der Waals surface area contributed by atoms with Crippen LogP contribution >= 0.6 is 0 Å². The van der Waals surface area contributed by atoms with Crippen LogP contribution in [0.3, 0.4) is 0 Å². The van der Waals surface area contributed by atoms with E-state index in [2.05, 4.69) is 27.0 Å². The highest BCUT2D eigenvalue weighted by molar-refractivity contribution is 5.37. The second-order valence-corrected chi connectivity index (χ2v) is 4.32. The molecule has 19 heavy (non-hydrogen) atoms. The summed E-state index contributed by atoms with van der Waals surface area (Å²) in [7, 11) is 0. The maximum Gasteiger partial charge on any atom is 0.252 e. The molecule has 0 aliphatic carbocycles. The van der Waals surface area contributed by atoms with Crippen molar-refractivity contribution >= 4 is 5.82 Å². The number of hydrogen-bond donors (Lipinski definition) is 2. The van der Waals surface area contributed by atoms with Crippen molar-refractivity contribution in [2.45, 2.75) is 13.0 Å². The van der Waals surface area contributed by atoms with Crippen LogP contribution in [0, 0.1) is 0 Å². The Bertz CT molecular complexity index is 553. The minimum absolute atomic E-state index is 0.143. The molecule has 0 unspecified atom stereocenters. The zero-order chi connectivity index (χ0) is 13.5. The molecule has 0 radical (unpaired) electrons. The Morgan fingerprint density at radius 3 is 2.74 bits per heavy atom. The van der Waals surface area contributed by atoms with Crippen LogP contribution in [0.4, 0.5) is 5.82 Å². The Kier molecular flexibility index (Phi) is 4.69.